The summed E-state index contributed by atoms with van der Waals surface area (Å²) in [5.74, 6) is -0.417. The number of rotatable bonds is 3. The molecule has 3 nitrogen and oxygen atoms in total. The van der Waals surface area contributed by atoms with Gasteiger partial charge in [-0.3, -0.25) is 4.79 Å². The Bertz CT molecular complexity index is 461. The van der Waals surface area contributed by atoms with Gasteiger partial charge in [0.15, 0.2) is 11.4 Å². The Kier molecular flexibility index (Phi) is 2.18. The van der Waals surface area contributed by atoms with E-state index in [4.69, 9.17) is 4.42 Å². The van der Waals surface area contributed by atoms with E-state index in [2.05, 4.69) is 4.74 Å². The Hall–Kier alpha value is -1.84. The van der Waals surface area contributed by atoms with Crippen LogP contribution >= 0.6 is 0 Å². The third kappa shape index (κ3) is 1.35. The maximum absolute atomic E-state index is 13.1. The van der Waals surface area contributed by atoms with E-state index in [0.717, 1.165) is 0 Å². The minimum absolute atomic E-state index is 0.0972. The molecular weight excluding hydrogens is 187 g/mol. The number of fused-ring (bicyclic) bond motifs is 1. The molecule has 4 heteroatoms. The van der Waals surface area contributed by atoms with Gasteiger partial charge in [-0.2, -0.15) is 0 Å². The van der Waals surface area contributed by atoms with Gasteiger partial charge >= 0.3 is 0 Å². The van der Waals surface area contributed by atoms with E-state index in [0.29, 0.717) is 17.4 Å². The van der Waals surface area contributed by atoms with Gasteiger partial charge in [-0.1, -0.05) is 12.1 Å². The third-order valence-corrected chi connectivity index (χ3v) is 1.94. The first-order valence-electron chi connectivity index (χ1n) is 4.03. The third-order valence-electron chi connectivity index (χ3n) is 1.94. The van der Waals surface area contributed by atoms with Crippen LogP contribution in [0.15, 0.2) is 28.9 Å². The minimum Gasteiger partial charge on any atom is -0.463 e. The van der Waals surface area contributed by atoms with Crippen LogP contribution in [0.3, 0.4) is 0 Å². The molecular formula is C10H7FO3. The molecule has 72 valence electrons. The van der Waals surface area contributed by atoms with Gasteiger partial charge in [0.25, 0.3) is 6.47 Å². The van der Waals surface area contributed by atoms with E-state index in [1.165, 1.54) is 12.3 Å². The van der Waals surface area contributed by atoms with Gasteiger partial charge in [0.2, 0.25) is 0 Å². The number of carbonyl (C=O) groups is 1. The fourth-order valence-corrected chi connectivity index (χ4v) is 1.31. The van der Waals surface area contributed by atoms with Gasteiger partial charge in [-0.15, -0.1) is 0 Å². The Balaban J connectivity index is 2.47. The van der Waals surface area contributed by atoms with Crippen LogP contribution in [0.25, 0.3) is 11.0 Å². The predicted molar refractivity (Wildman–Crippen MR) is 47.0 cm³/mol. The first kappa shape index (κ1) is 8.74. The van der Waals surface area contributed by atoms with Gasteiger partial charge in [0, 0.05) is 10.9 Å². The van der Waals surface area contributed by atoms with Crippen molar-refractivity contribution in [1.29, 1.82) is 0 Å². The van der Waals surface area contributed by atoms with Crippen molar-refractivity contribution in [2.45, 2.75) is 6.61 Å². The molecule has 0 aliphatic rings. The second-order valence-corrected chi connectivity index (χ2v) is 2.78. The Morgan fingerprint density at radius 1 is 1.50 bits per heavy atom. The van der Waals surface area contributed by atoms with Crippen LogP contribution in [0.5, 0.6) is 0 Å². The quantitative estimate of drug-likeness (QED) is 0.703. The van der Waals surface area contributed by atoms with Crippen molar-refractivity contribution >= 4 is 17.4 Å². The van der Waals surface area contributed by atoms with Gasteiger partial charge in [-0.25, -0.2) is 4.39 Å². The standard InChI is InChI=1S/C10H7FO3/c11-9-3-1-2-8-7(4-13-6-12)5-14-10(8)9/h1-3,5-6H,4H2. The summed E-state index contributed by atoms with van der Waals surface area (Å²) in [6, 6.07) is 4.61. The van der Waals surface area contributed by atoms with Crippen molar-refractivity contribution < 1.29 is 18.3 Å². The van der Waals surface area contributed by atoms with Crippen molar-refractivity contribution in [2.75, 3.05) is 0 Å². The zero-order valence-corrected chi connectivity index (χ0v) is 7.20. The summed E-state index contributed by atoms with van der Waals surface area (Å²) in [7, 11) is 0. The molecule has 0 aliphatic heterocycles. The zero-order chi connectivity index (χ0) is 9.97. The predicted octanol–water partition coefficient (Wildman–Crippen LogP) is 2.24. The molecule has 0 saturated heterocycles. The first-order valence-corrected chi connectivity index (χ1v) is 4.03. The molecule has 2 rings (SSSR count). The fraction of sp³-hybridized carbons (Fsp3) is 0.100. The van der Waals surface area contributed by atoms with E-state index in [-0.39, 0.29) is 12.2 Å². The van der Waals surface area contributed by atoms with Crippen molar-refractivity contribution in [2.24, 2.45) is 0 Å². The van der Waals surface area contributed by atoms with E-state index >= 15 is 0 Å². The molecule has 0 unspecified atom stereocenters. The van der Waals surface area contributed by atoms with Gasteiger partial charge in [0.1, 0.15) is 6.61 Å². The lowest BCUT2D eigenvalue weighted by atomic mass is 10.2. The Labute approximate surface area is 79.1 Å². The second-order valence-electron chi connectivity index (χ2n) is 2.78. The van der Waals surface area contributed by atoms with Crippen LogP contribution < -0.4 is 0 Å². The number of benzene rings is 1. The summed E-state index contributed by atoms with van der Waals surface area (Å²) in [5, 5.41) is 0.631. The van der Waals surface area contributed by atoms with Crippen molar-refractivity contribution in [3.05, 3.63) is 35.8 Å². The number of furan rings is 1. The molecule has 1 heterocycles. The van der Waals surface area contributed by atoms with Crippen molar-refractivity contribution in [3.63, 3.8) is 0 Å². The normalized spacial score (nSPS) is 10.4. The molecule has 2 aromatic rings. The second kappa shape index (κ2) is 3.49. The molecule has 0 bridgehead atoms. The lowest BCUT2D eigenvalue weighted by Crippen LogP contribution is -1.88. The lowest BCUT2D eigenvalue weighted by Gasteiger charge is -1.95. The Morgan fingerprint density at radius 2 is 2.36 bits per heavy atom. The minimum atomic E-state index is -0.417. The summed E-state index contributed by atoms with van der Waals surface area (Å²) in [5.41, 5.74) is 0.851. The molecule has 0 saturated carbocycles. The highest BCUT2D eigenvalue weighted by atomic mass is 19.1. The summed E-state index contributed by atoms with van der Waals surface area (Å²) in [4.78, 5) is 9.98. The van der Waals surface area contributed by atoms with Crippen LogP contribution in [-0.4, -0.2) is 6.47 Å². The largest absolute Gasteiger partial charge is 0.463 e. The Morgan fingerprint density at radius 3 is 3.14 bits per heavy atom. The average molecular weight is 194 g/mol. The van der Waals surface area contributed by atoms with E-state index in [1.54, 1.807) is 12.1 Å². The van der Waals surface area contributed by atoms with Crippen LogP contribution in [0.1, 0.15) is 5.56 Å². The highest BCUT2D eigenvalue weighted by molar-refractivity contribution is 5.81. The van der Waals surface area contributed by atoms with E-state index in [9.17, 15) is 9.18 Å². The molecule has 0 radical (unpaired) electrons. The molecule has 0 N–H and O–H groups in total. The number of carbonyl (C=O) groups excluding carboxylic acids is 1. The maximum Gasteiger partial charge on any atom is 0.293 e. The average Bonchev–Trinajstić information content (AvgIpc) is 2.60. The topological polar surface area (TPSA) is 39.4 Å². The van der Waals surface area contributed by atoms with Gasteiger partial charge < -0.3 is 9.15 Å². The summed E-state index contributed by atoms with van der Waals surface area (Å²) in [6.45, 7) is 0.443. The monoisotopic (exact) mass is 194 g/mol. The molecule has 14 heavy (non-hydrogen) atoms. The molecule has 0 spiro atoms. The molecule has 1 aromatic carbocycles. The number of para-hydroxylation sites is 1. The van der Waals surface area contributed by atoms with Crippen LogP contribution in [-0.2, 0) is 16.1 Å². The maximum atomic E-state index is 13.1. The van der Waals surface area contributed by atoms with Crippen LogP contribution in [0.4, 0.5) is 4.39 Å². The summed E-state index contributed by atoms with van der Waals surface area (Å²) in [6.07, 6.45) is 1.39. The lowest BCUT2D eigenvalue weighted by molar-refractivity contribution is -0.129. The summed E-state index contributed by atoms with van der Waals surface area (Å²) < 4.78 is 22.7. The highest BCUT2D eigenvalue weighted by Crippen LogP contribution is 2.23. The number of hydrogen-bond donors (Lipinski definition) is 0. The van der Waals surface area contributed by atoms with E-state index in [1.807, 2.05) is 0 Å². The highest BCUT2D eigenvalue weighted by Gasteiger charge is 2.09. The number of ether oxygens (including phenoxy) is 1. The van der Waals surface area contributed by atoms with Crippen molar-refractivity contribution in [3.8, 4) is 0 Å². The van der Waals surface area contributed by atoms with Crippen molar-refractivity contribution in [1.82, 2.24) is 0 Å². The van der Waals surface area contributed by atoms with E-state index < -0.39 is 5.82 Å². The van der Waals surface area contributed by atoms with Gasteiger partial charge in [-0.05, 0) is 6.07 Å². The molecule has 0 amide bonds. The molecule has 1 aromatic heterocycles. The zero-order valence-electron chi connectivity index (χ0n) is 7.20. The summed E-state index contributed by atoms with van der Waals surface area (Å²) >= 11 is 0. The number of halogens is 1. The smallest absolute Gasteiger partial charge is 0.293 e. The fourth-order valence-electron chi connectivity index (χ4n) is 1.31. The number of hydrogen-bond acceptors (Lipinski definition) is 3. The SMILES string of the molecule is O=COCc1coc2c(F)cccc12. The molecule has 0 aliphatic carbocycles. The van der Waals surface area contributed by atoms with Crippen LogP contribution in [0.2, 0.25) is 0 Å². The molecule has 0 fully saturated rings. The molecule has 0 atom stereocenters. The van der Waals surface area contributed by atoms with Crippen LogP contribution in [0, 0.1) is 5.82 Å². The van der Waals surface area contributed by atoms with Gasteiger partial charge in [0.05, 0.1) is 6.26 Å². The first-order chi connectivity index (χ1) is 6.83.